The minimum atomic E-state index is -0.360. The summed E-state index contributed by atoms with van der Waals surface area (Å²) in [6.07, 6.45) is 0.276. The number of carbonyl (C=O) groups excluding carboxylic acids is 1. The molecule has 1 aromatic carbocycles. The van der Waals surface area contributed by atoms with E-state index in [1.807, 2.05) is 0 Å². The van der Waals surface area contributed by atoms with Crippen LogP contribution in [0, 0.1) is 5.82 Å². The molecule has 0 atom stereocenters. The predicted molar refractivity (Wildman–Crippen MR) is 55.1 cm³/mol. The highest BCUT2D eigenvalue weighted by Gasteiger charge is 2.08. The number of carbonyl (C=O) groups is 1. The van der Waals surface area contributed by atoms with Gasteiger partial charge in [-0.3, -0.25) is 4.79 Å². The molecule has 0 aliphatic carbocycles. The van der Waals surface area contributed by atoms with E-state index in [0.717, 1.165) is 0 Å². The molecule has 1 rings (SSSR count). The molecular weight excluding hydrogens is 197 g/mol. The van der Waals surface area contributed by atoms with Crippen LogP contribution < -0.4 is 5.73 Å². The van der Waals surface area contributed by atoms with E-state index in [2.05, 4.69) is 0 Å². The van der Waals surface area contributed by atoms with Gasteiger partial charge in [-0.1, -0.05) is 0 Å². The quantitative estimate of drug-likeness (QED) is 0.751. The second kappa shape index (κ2) is 5.58. The summed E-state index contributed by atoms with van der Waals surface area (Å²) in [5.41, 5.74) is 6.14. The second-order valence-corrected chi connectivity index (χ2v) is 3.20. The summed E-state index contributed by atoms with van der Waals surface area (Å²) in [6.45, 7) is 0.464. The molecule has 4 heteroatoms. The van der Waals surface area contributed by atoms with Gasteiger partial charge < -0.3 is 10.5 Å². The van der Waals surface area contributed by atoms with Crippen molar-refractivity contribution in [2.24, 2.45) is 5.73 Å². The molecule has 0 heterocycles. The Morgan fingerprint density at radius 3 is 2.87 bits per heavy atom. The standard InChI is InChI=1S/C11H14FNO2/c1-15-7-9-6-8(2-3-10(9)12)11(14)4-5-13/h2-3,6H,4-5,7,13H2,1H3. The van der Waals surface area contributed by atoms with E-state index in [0.29, 0.717) is 17.7 Å². The van der Waals surface area contributed by atoms with Gasteiger partial charge in [0.15, 0.2) is 5.78 Å². The monoisotopic (exact) mass is 211 g/mol. The first-order valence-corrected chi connectivity index (χ1v) is 4.69. The summed E-state index contributed by atoms with van der Waals surface area (Å²) >= 11 is 0. The van der Waals surface area contributed by atoms with Gasteiger partial charge in [-0.05, 0) is 24.7 Å². The normalized spacial score (nSPS) is 10.3. The molecule has 0 fully saturated rings. The third-order valence-corrected chi connectivity index (χ3v) is 2.04. The van der Waals surface area contributed by atoms with Gasteiger partial charge in [0.05, 0.1) is 6.61 Å². The number of rotatable bonds is 5. The summed E-state index contributed by atoms with van der Waals surface area (Å²) in [5, 5.41) is 0. The van der Waals surface area contributed by atoms with Crippen LogP contribution in [0.15, 0.2) is 18.2 Å². The smallest absolute Gasteiger partial charge is 0.164 e. The first kappa shape index (κ1) is 11.8. The van der Waals surface area contributed by atoms with E-state index in [9.17, 15) is 9.18 Å². The number of ketones is 1. The number of methoxy groups -OCH3 is 1. The maximum atomic E-state index is 13.2. The summed E-state index contributed by atoms with van der Waals surface area (Å²) in [5.74, 6) is -0.434. The molecule has 3 nitrogen and oxygen atoms in total. The highest BCUT2D eigenvalue weighted by molar-refractivity contribution is 5.96. The van der Waals surface area contributed by atoms with Gasteiger partial charge in [0.2, 0.25) is 0 Å². The Kier molecular flexibility index (Phi) is 4.39. The average Bonchev–Trinajstić information content (AvgIpc) is 2.22. The molecule has 0 amide bonds. The lowest BCUT2D eigenvalue weighted by atomic mass is 10.1. The van der Waals surface area contributed by atoms with Gasteiger partial charge in [-0.15, -0.1) is 0 Å². The lowest BCUT2D eigenvalue weighted by Crippen LogP contribution is -2.09. The molecule has 0 unspecified atom stereocenters. The number of hydrogen-bond acceptors (Lipinski definition) is 3. The molecule has 0 aromatic heterocycles. The molecule has 0 radical (unpaired) electrons. The van der Waals surface area contributed by atoms with Crippen molar-refractivity contribution in [1.82, 2.24) is 0 Å². The van der Waals surface area contributed by atoms with E-state index < -0.39 is 0 Å². The van der Waals surface area contributed by atoms with E-state index in [-0.39, 0.29) is 24.6 Å². The molecule has 1 aromatic rings. The summed E-state index contributed by atoms with van der Waals surface area (Å²) in [4.78, 5) is 11.5. The van der Waals surface area contributed by atoms with Crippen molar-refractivity contribution in [3.63, 3.8) is 0 Å². The lowest BCUT2D eigenvalue weighted by Gasteiger charge is -2.04. The molecule has 0 spiro atoms. The Labute approximate surface area is 88.0 Å². The average molecular weight is 211 g/mol. The maximum Gasteiger partial charge on any atom is 0.164 e. The highest BCUT2D eigenvalue weighted by Crippen LogP contribution is 2.13. The van der Waals surface area contributed by atoms with E-state index >= 15 is 0 Å². The van der Waals surface area contributed by atoms with Crippen molar-refractivity contribution in [2.75, 3.05) is 13.7 Å². The third-order valence-electron chi connectivity index (χ3n) is 2.04. The van der Waals surface area contributed by atoms with Crippen molar-refractivity contribution in [1.29, 1.82) is 0 Å². The Morgan fingerprint density at radius 2 is 2.27 bits per heavy atom. The van der Waals surface area contributed by atoms with Crippen molar-refractivity contribution < 1.29 is 13.9 Å². The van der Waals surface area contributed by atoms with Crippen LogP contribution >= 0.6 is 0 Å². The SMILES string of the molecule is COCc1cc(C(=O)CCN)ccc1F. The van der Waals surface area contributed by atoms with Crippen LogP contribution in [-0.4, -0.2) is 19.4 Å². The van der Waals surface area contributed by atoms with E-state index in [1.54, 1.807) is 0 Å². The van der Waals surface area contributed by atoms with Gasteiger partial charge in [0.25, 0.3) is 0 Å². The Morgan fingerprint density at radius 1 is 1.53 bits per heavy atom. The summed E-state index contributed by atoms with van der Waals surface area (Å²) in [6, 6.07) is 4.25. The van der Waals surface area contributed by atoms with Gasteiger partial charge in [0, 0.05) is 24.7 Å². The minimum Gasteiger partial charge on any atom is -0.380 e. The number of halogens is 1. The fourth-order valence-electron chi connectivity index (χ4n) is 1.29. The Bertz CT molecular complexity index is 352. The maximum absolute atomic E-state index is 13.2. The molecule has 82 valence electrons. The van der Waals surface area contributed by atoms with Crippen LogP contribution in [0.2, 0.25) is 0 Å². The molecule has 0 bridgehead atoms. The Hall–Kier alpha value is -1.26. The van der Waals surface area contributed by atoms with Crippen molar-refractivity contribution in [3.8, 4) is 0 Å². The first-order valence-electron chi connectivity index (χ1n) is 4.69. The van der Waals surface area contributed by atoms with Crippen molar-refractivity contribution >= 4 is 5.78 Å². The van der Waals surface area contributed by atoms with Crippen LogP contribution in [0.4, 0.5) is 4.39 Å². The molecule has 0 saturated carbocycles. The van der Waals surface area contributed by atoms with Crippen LogP contribution in [0.3, 0.4) is 0 Å². The molecule has 15 heavy (non-hydrogen) atoms. The Balaban J connectivity index is 2.91. The summed E-state index contributed by atoms with van der Waals surface area (Å²) in [7, 11) is 1.48. The van der Waals surface area contributed by atoms with Crippen LogP contribution in [0.5, 0.6) is 0 Å². The van der Waals surface area contributed by atoms with Gasteiger partial charge in [-0.25, -0.2) is 4.39 Å². The molecule has 0 saturated heterocycles. The lowest BCUT2D eigenvalue weighted by molar-refractivity contribution is 0.0985. The van der Waals surface area contributed by atoms with Crippen LogP contribution in [0.25, 0.3) is 0 Å². The van der Waals surface area contributed by atoms with Gasteiger partial charge in [-0.2, -0.15) is 0 Å². The third kappa shape index (κ3) is 3.11. The second-order valence-electron chi connectivity index (χ2n) is 3.20. The van der Waals surface area contributed by atoms with Crippen molar-refractivity contribution in [3.05, 3.63) is 35.1 Å². The number of ether oxygens (including phenoxy) is 1. The number of benzene rings is 1. The highest BCUT2D eigenvalue weighted by atomic mass is 19.1. The fraction of sp³-hybridized carbons (Fsp3) is 0.364. The molecule has 0 aliphatic heterocycles. The van der Waals surface area contributed by atoms with Gasteiger partial charge in [0.1, 0.15) is 5.82 Å². The zero-order valence-electron chi connectivity index (χ0n) is 8.63. The largest absolute Gasteiger partial charge is 0.380 e. The minimum absolute atomic E-state index is 0.0742. The number of nitrogens with two attached hydrogens (primary N) is 1. The number of Topliss-reactive ketones (excluding diaryl/α,β-unsaturated/α-hetero) is 1. The molecule has 0 aliphatic rings. The topological polar surface area (TPSA) is 52.3 Å². The number of hydrogen-bond donors (Lipinski definition) is 1. The predicted octanol–water partition coefficient (Wildman–Crippen LogP) is 1.50. The van der Waals surface area contributed by atoms with Crippen molar-refractivity contribution in [2.45, 2.75) is 13.0 Å². The molecular formula is C11H14FNO2. The zero-order chi connectivity index (χ0) is 11.3. The summed E-state index contributed by atoms with van der Waals surface area (Å²) < 4.78 is 18.0. The van der Waals surface area contributed by atoms with Crippen LogP contribution in [-0.2, 0) is 11.3 Å². The van der Waals surface area contributed by atoms with Gasteiger partial charge >= 0.3 is 0 Å². The zero-order valence-corrected chi connectivity index (χ0v) is 8.63. The van der Waals surface area contributed by atoms with Crippen LogP contribution in [0.1, 0.15) is 22.3 Å². The fourth-order valence-corrected chi connectivity index (χ4v) is 1.29. The first-order chi connectivity index (χ1) is 7.19. The van der Waals surface area contributed by atoms with E-state index in [1.165, 1.54) is 25.3 Å². The van der Waals surface area contributed by atoms with E-state index in [4.69, 9.17) is 10.5 Å². The molecule has 2 N–H and O–H groups in total.